The van der Waals surface area contributed by atoms with Crippen LogP contribution in [0.15, 0.2) is 42.6 Å². The van der Waals surface area contributed by atoms with E-state index < -0.39 is 16.7 Å². The van der Waals surface area contributed by atoms with E-state index in [0.29, 0.717) is 45.3 Å². The first kappa shape index (κ1) is 25.4. The van der Waals surface area contributed by atoms with Crippen LogP contribution in [-0.2, 0) is 11.0 Å². The third-order valence-corrected chi connectivity index (χ3v) is 7.69. The molecule has 2 unspecified atom stereocenters. The fourth-order valence-corrected chi connectivity index (χ4v) is 5.60. The van der Waals surface area contributed by atoms with Crippen LogP contribution in [0, 0.1) is 13.8 Å². The number of halogens is 2. The molecule has 1 saturated heterocycles. The van der Waals surface area contributed by atoms with Crippen LogP contribution < -0.4 is 20.1 Å². The minimum Gasteiger partial charge on any atom is -0.437 e. The summed E-state index contributed by atoms with van der Waals surface area (Å²) in [7, 11) is -2.52. The van der Waals surface area contributed by atoms with E-state index in [2.05, 4.69) is 25.3 Å². The van der Waals surface area contributed by atoms with Crippen molar-refractivity contribution in [1.29, 1.82) is 0 Å². The van der Waals surface area contributed by atoms with E-state index in [-0.39, 0.29) is 6.04 Å². The van der Waals surface area contributed by atoms with Gasteiger partial charge in [0.05, 0.1) is 16.4 Å². The van der Waals surface area contributed by atoms with Crippen molar-refractivity contribution in [2.75, 3.05) is 23.1 Å². The SMILES string of the molecule is Cc1nc(Oc2c(C)cc(NS(=O)C(F)F)c3ccccc23)c(-c2ccnc(NC3CCCNC3)n2)s1. The Labute approximate surface area is 219 Å². The molecule has 0 radical (unpaired) electrons. The molecule has 0 amide bonds. The molecule has 0 spiro atoms. The molecule has 12 heteroatoms. The first-order valence-corrected chi connectivity index (χ1v) is 13.9. The molecule has 2 atom stereocenters. The summed E-state index contributed by atoms with van der Waals surface area (Å²) < 4.78 is 46.5. The minimum atomic E-state index is -3.00. The number of benzene rings is 2. The second kappa shape index (κ2) is 11.0. The normalized spacial score (nSPS) is 16.6. The Morgan fingerprint density at radius 2 is 2.00 bits per heavy atom. The van der Waals surface area contributed by atoms with E-state index >= 15 is 0 Å². The highest BCUT2D eigenvalue weighted by atomic mass is 32.2. The van der Waals surface area contributed by atoms with Gasteiger partial charge < -0.3 is 15.4 Å². The lowest BCUT2D eigenvalue weighted by atomic mass is 10.0. The highest BCUT2D eigenvalue weighted by molar-refractivity contribution is 7.86. The highest BCUT2D eigenvalue weighted by Crippen LogP contribution is 2.42. The van der Waals surface area contributed by atoms with Gasteiger partial charge in [0.2, 0.25) is 11.8 Å². The predicted molar refractivity (Wildman–Crippen MR) is 144 cm³/mol. The predicted octanol–water partition coefficient (Wildman–Crippen LogP) is 5.62. The van der Waals surface area contributed by atoms with Crippen molar-refractivity contribution in [3.05, 3.63) is 53.2 Å². The van der Waals surface area contributed by atoms with Crippen molar-refractivity contribution in [3.63, 3.8) is 0 Å². The summed E-state index contributed by atoms with van der Waals surface area (Å²) in [6.07, 6.45) is 3.86. The molecular formula is C25H26F2N6O2S2. The van der Waals surface area contributed by atoms with E-state index in [1.165, 1.54) is 11.3 Å². The zero-order chi connectivity index (χ0) is 25.9. The van der Waals surface area contributed by atoms with E-state index in [1.54, 1.807) is 24.4 Å². The number of alkyl halides is 2. The molecule has 8 nitrogen and oxygen atoms in total. The van der Waals surface area contributed by atoms with Crippen molar-refractivity contribution < 1.29 is 17.7 Å². The van der Waals surface area contributed by atoms with Gasteiger partial charge in [-0.25, -0.2) is 19.2 Å². The van der Waals surface area contributed by atoms with Gasteiger partial charge >= 0.3 is 5.76 Å². The molecule has 1 aliphatic heterocycles. The standard InChI is InChI=1S/C25H26F2N6O2S2/c1-14-12-20(33-37(34)24(26)27)17-7-3-4-8-18(17)21(14)35-23-22(36-15(2)30-23)19-9-11-29-25(32-19)31-16-6-5-10-28-13-16/h3-4,7-9,11-12,16,24,28,33H,5-6,10,13H2,1-2H3,(H,29,31,32). The number of nitrogens with one attached hydrogen (secondary N) is 3. The topological polar surface area (TPSA) is 101 Å². The zero-order valence-corrected chi connectivity index (χ0v) is 21.9. The lowest BCUT2D eigenvalue weighted by molar-refractivity contribution is 0.244. The highest BCUT2D eigenvalue weighted by Gasteiger charge is 2.21. The van der Waals surface area contributed by atoms with Gasteiger partial charge in [0.25, 0.3) is 0 Å². The maximum Gasteiger partial charge on any atom is 0.330 e. The van der Waals surface area contributed by atoms with Crippen molar-refractivity contribution >= 4 is 44.7 Å². The number of anilines is 2. The average Bonchev–Trinajstić information content (AvgIpc) is 3.27. The summed E-state index contributed by atoms with van der Waals surface area (Å²) in [6, 6.07) is 11.0. The average molecular weight is 545 g/mol. The number of fused-ring (bicyclic) bond motifs is 1. The molecule has 4 aromatic rings. The lowest BCUT2D eigenvalue weighted by Crippen LogP contribution is -2.38. The zero-order valence-electron chi connectivity index (χ0n) is 20.3. The lowest BCUT2D eigenvalue weighted by Gasteiger charge is -2.23. The van der Waals surface area contributed by atoms with Crippen LogP contribution in [0.2, 0.25) is 0 Å². The Kier molecular flexibility index (Phi) is 7.58. The third-order valence-electron chi connectivity index (χ3n) is 5.97. The maximum absolute atomic E-state index is 12.9. The molecule has 1 aliphatic rings. The molecule has 37 heavy (non-hydrogen) atoms. The molecule has 2 aromatic heterocycles. The largest absolute Gasteiger partial charge is 0.437 e. The molecule has 0 aliphatic carbocycles. The number of ether oxygens (including phenoxy) is 1. The number of rotatable bonds is 8. The van der Waals surface area contributed by atoms with Crippen LogP contribution in [0.25, 0.3) is 21.3 Å². The smallest absolute Gasteiger partial charge is 0.330 e. The van der Waals surface area contributed by atoms with Crippen LogP contribution in [0.5, 0.6) is 11.6 Å². The Morgan fingerprint density at radius 1 is 1.19 bits per heavy atom. The Morgan fingerprint density at radius 3 is 2.76 bits per heavy atom. The fourth-order valence-electron chi connectivity index (χ4n) is 4.31. The van der Waals surface area contributed by atoms with Gasteiger partial charge in [0.1, 0.15) is 10.6 Å². The van der Waals surface area contributed by atoms with Crippen LogP contribution in [0.1, 0.15) is 23.4 Å². The van der Waals surface area contributed by atoms with Crippen LogP contribution in [0.3, 0.4) is 0 Å². The fraction of sp³-hybridized carbons (Fsp3) is 0.320. The van der Waals surface area contributed by atoms with Crippen molar-refractivity contribution in [2.45, 2.75) is 38.5 Å². The number of aryl methyl sites for hydroxylation is 2. The molecule has 0 bridgehead atoms. The van der Waals surface area contributed by atoms with Crippen molar-refractivity contribution in [2.24, 2.45) is 0 Å². The van der Waals surface area contributed by atoms with Crippen molar-refractivity contribution in [3.8, 4) is 22.2 Å². The number of thiazole rings is 1. The second-order valence-corrected chi connectivity index (χ2v) is 11.1. The summed E-state index contributed by atoms with van der Waals surface area (Å²) in [4.78, 5) is 14.5. The molecular weight excluding hydrogens is 518 g/mol. The number of aromatic nitrogens is 3. The Bertz CT molecular complexity index is 1440. The quantitative estimate of drug-likeness (QED) is 0.265. The van der Waals surface area contributed by atoms with Gasteiger partial charge in [-0.15, -0.1) is 11.3 Å². The van der Waals surface area contributed by atoms with E-state index in [4.69, 9.17) is 9.72 Å². The summed E-state index contributed by atoms with van der Waals surface area (Å²) in [6.45, 7) is 5.59. The molecule has 0 saturated carbocycles. The third kappa shape index (κ3) is 5.71. The van der Waals surface area contributed by atoms with Crippen LogP contribution in [0.4, 0.5) is 20.4 Å². The summed E-state index contributed by atoms with van der Waals surface area (Å²) >= 11 is 1.47. The number of hydrogen-bond donors (Lipinski definition) is 3. The monoisotopic (exact) mass is 544 g/mol. The molecule has 3 N–H and O–H groups in total. The van der Waals surface area contributed by atoms with Crippen molar-refractivity contribution in [1.82, 2.24) is 20.3 Å². The van der Waals surface area contributed by atoms with Gasteiger partial charge in [-0.2, -0.15) is 8.78 Å². The number of piperidine rings is 1. The molecule has 2 aromatic carbocycles. The Hall–Kier alpha value is -3.22. The summed E-state index contributed by atoms with van der Waals surface area (Å²) in [5, 5.41) is 8.88. The Balaban J connectivity index is 1.48. The molecule has 1 fully saturated rings. The molecule has 194 valence electrons. The number of nitrogens with zero attached hydrogens (tertiary/aromatic N) is 3. The number of hydrogen-bond acceptors (Lipinski definition) is 8. The minimum absolute atomic E-state index is 0.267. The van der Waals surface area contributed by atoms with Gasteiger partial charge in [0.15, 0.2) is 11.0 Å². The van der Waals surface area contributed by atoms with Gasteiger partial charge in [-0.05, 0) is 50.9 Å². The van der Waals surface area contributed by atoms with Gasteiger partial charge in [-0.1, -0.05) is 24.3 Å². The maximum atomic E-state index is 12.9. The molecule has 3 heterocycles. The second-order valence-electron chi connectivity index (χ2n) is 8.70. The van der Waals surface area contributed by atoms with Crippen LogP contribution in [-0.4, -0.2) is 44.0 Å². The summed E-state index contributed by atoms with van der Waals surface area (Å²) in [5.41, 5.74) is 1.71. The van der Waals surface area contributed by atoms with E-state index in [0.717, 1.165) is 35.8 Å². The molecule has 5 rings (SSSR count). The summed E-state index contributed by atoms with van der Waals surface area (Å²) in [5.74, 6) is -1.52. The van der Waals surface area contributed by atoms with Gasteiger partial charge in [0, 0.05) is 29.6 Å². The van der Waals surface area contributed by atoms with Gasteiger partial charge in [-0.3, -0.25) is 4.72 Å². The van der Waals surface area contributed by atoms with E-state index in [1.807, 2.05) is 32.0 Å². The van der Waals surface area contributed by atoms with E-state index in [9.17, 15) is 13.0 Å². The van der Waals surface area contributed by atoms with Crippen LogP contribution >= 0.6 is 11.3 Å². The first-order valence-electron chi connectivity index (χ1n) is 11.8. The first-order chi connectivity index (χ1) is 17.9.